The molecule has 2 rings (SSSR count). The van der Waals surface area contributed by atoms with Gasteiger partial charge in [0.2, 0.25) is 0 Å². The molecule has 0 radical (unpaired) electrons. The van der Waals surface area contributed by atoms with Crippen molar-refractivity contribution in [3.8, 4) is 0 Å². The van der Waals surface area contributed by atoms with E-state index in [1.165, 1.54) is 11.1 Å². The van der Waals surface area contributed by atoms with Gasteiger partial charge < -0.3 is 0 Å². The van der Waals surface area contributed by atoms with E-state index in [0.29, 0.717) is 5.92 Å². The van der Waals surface area contributed by atoms with Crippen molar-refractivity contribution < 1.29 is 0 Å². The van der Waals surface area contributed by atoms with E-state index in [1.54, 1.807) is 0 Å². The zero-order valence-corrected chi connectivity index (χ0v) is 13.4. The molecule has 3 N–H and O–H groups in total. The fraction of sp³-hybridized carbons (Fsp3) is 0.389. The number of hydrogen-bond donors (Lipinski definition) is 2. The van der Waals surface area contributed by atoms with E-state index in [9.17, 15) is 0 Å². The summed E-state index contributed by atoms with van der Waals surface area (Å²) in [5.41, 5.74) is 8.65. The number of hydrazine groups is 1. The normalized spacial score (nSPS) is 12.7. The van der Waals surface area contributed by atoms with Gasteiger partial charge in [-0.25, -0.2) is 5.43 Å². The Labute approximate surface area is 127 Å². The zero-order valence-electron chi connectivity index (χ0n) is 13.4. The number of nitrogens with zero attached hydrogens (tertiary/aromatic N) is 1. The van der Waals surface area contributed by atoms with Crippen molar-refractivity contribution in [1.82, 2.24) is 10.4 Å². The van der Waals surface area contributed by atoms with Gasteiger partial charge in [0.05, 0.1) is 6.04 Å². The van der Waals surface area contributed by atoms with Gasteiger partial charge in [0.1, 0.15) is 0 Å². The average Bonchev–Trinajstić information content (AvgIpc) is 2.41. The van der Waals surface area contributed by atoms with Crippen LogP contribution in [-0.2, 0) is 6.42 Å². The molecule has 3 nitrogen and oxygen atoms in total. The molecule has 1 aromatic heterocycles. The standard InChI is InChI=1S/C18H25N3/c1-12(2)10-15-6-5-7-16(11-15)18(21-19)17-9-8-13(3)20-14(17)4/h5-9,11-12,18,21H,10,19H2,1-4H3. The lowest BCUT2D eigenvalue weighted by Gasteiger charge is -2.20. The van der Waals surface area contributed by atoms with Gasteiger partial charge in [-0.1, -0.05) is 44.2 Å². The lowest BCUT2D eigenvalue weighted by Crippen LogP contribution is -2.29. The summed E-state index contributed by atoms with van der Waals surface area (Å²) in [6.07, 6.45) is 1.08. The van der Waals surface area contributed by atoms with Crippen LogP contribution in [0.25, 0.3) is 0 Å². The third kappa shape index (κ3) is 3.90. The average molecular weight is 283 g/mol. The Hall–Kier alpha value is -1.71. The summed E-state index contributed by atoms with van der Waals surface area (Å²) in [4.78, 5) is 4.54. The molecule has 0 aliphatic heterocycles. The van der Waals surface area contributed by atoms with Crippen LogP contribution in [0.4, 0.5) is 0 Å². The molecule has 3 heteroatoms. The summed E-state index contributed by atoms with van der Waals surface area (Å²) in [5, 5.41) is 0. The van der Waals surface area contributed by atoms with Crippen molar-refractivity contribution >= 4 is 0 Å². The molecule has 0 fully saturated rings. The van der Waals surface area contributed by atoms with Crippen molar-refractivity contribution in [3.63, 3.8) is 0 Å². The second kappa shape index (κ2) is 6.83. The number of nitrogens with one attached hydrogen (secondary N) is 1. The fourth-order valence-electron chi connectivity index (χ4n) is 2.74. The predicted octanol–water partition coefficient (Wildman–Crippen LogP) is 3.45. The minimum absolute atomic E-state index is 0.0230. The molecular formula is C18H25N3. The van der Waals surface area contributed by atoms with Crippen LogP contribution in [0.3, 0.4) is 0 Å². The molecule has 0 spiro atoms. The molecule has 0 aliphatic carbocycles. The molecule has 0 amide bonds. The van der Waals surface area contributed by atoms with Gasteiger partial charge in [0.25, 0.3) is 0 Å². The van der Waals surface area contributed by atoms with Gasteiger partial charge in [0.15, 0.2) is 0 Å². The van der Waals surface area contributed by atoms with Crippen molar-refractivity contribution in [3.05, 3.63) is 64.5 Å². The molecule has 0 bridgehead atoms. The minimum Gasteiger partial charge on any atom is -0.271 e. The maximum absolute atomic E-state index is 5.82. The van der Waals surface area contributed by atoms with Gasteiger partial charge in [-0.3, -0.25) is 10.8 Å². The van der Waals surface area contributed by atoms with Crippen LogP contribution in [0.1, 0.15) is 48.0 Å². The fourth-order valence-corrected chi connectivity index (χ4v) is 2.74. The van der Waals surface area contributed by atoms with Crippen LogP contribution >= 0.6 is 0 Å². The first kappa shape index (κ1) is 15.7. The number of pyridine rings is 1. The third-order valence-corrected chi connectivity index (χ3v) is 3.67. The van der Waals surface area contributed by atoms with Crippen LogP contribution in [0.2, 0.25) is 0 Å². The van der Waals surface area contributed by atoms with Crippen molar-refractivity contribution in [2.75, 3.05) is 0 Å². The van der Waals surface area contributed by atoms with E-state index >= 15 is 0 Å². The van der Waals surface area contributed by atoms with Crippen molar-refractivity contribution in [1.29, 1.82) is 0 Å². The highest BCUT2D eigenvalue weighted by atomic mass is 15.2. The summed E-state index contributed by atoms with van der Waals surface area (Å²) >= 11 is 0. The Morgan fingerprint density at radius 3 is 2.52 bits per heavy atom. The Kier molecular flexibility index (Phi) is 5.10. The molecule has 1 unspecified atom stereocenters. The molecule has 1 atom stereocenters. The first-order valence-corrected chi connectivity index (χ1v) is 7.50. The summed E-state index contributed by atoms with van der Waals surface area (Å²) in [5.74, 6) is 6.46. The molecular weight excluding hydrogens is 258 g/mol. The third-order valence-electron chi connectivity index (χ3n) is 3.67. The minimum atomic E-state index is -0.0230. The Morgan fingerprint density at radius 2 is 1.90 bits per heavy atom. The van der Waals surface area contributed by atoms with E-state index in [4.69, 9.17) is 5.84 Å². The molecule has 2 aromatic rings. The van der Waals surface area contributed by atoms with E-state index in [2.05, 4.69) is 54.6 Å². The van der Waals surface area contributed by atoms with Gasteiger partial charge in [-0.2, -0.15) is 0 Å². The number of benzene rings is 1. The molecule has 0 saturated heterocycles. The second-order valence-corrected chi connectivity index (χ2v) is 6.07. The molecule has 112 valence electrons. The molecule has 1 heterocycles. The number of nitrogens with two attached hydrogens (primary N) is 1. The van der Waals surface area contributed by atoms with E-state index in [-0.39, 0.29) is 6.04 Å². The number of rotatable bonds is 5. The van der Waals surface area contributed by atoms with Crippen LogP contribution in [0, 0.1) is 19.8 Å². The summed E-state index contributed by atoms with van der Waals surface area (Å²) in [7, 11) is 0. The highest BCUT2D eigenvalue weighted by molar-refractivity contribution is 5.36. The first-order chi connectivity index (χ1) is 10.0. The quantitative estimate of drug-likeness (QED) is 0.653. The van der Waals surface area contributed by atoms with E-state index in [1.807, 2.05) is 19.9 Å². The second-order valence-electron chi connectivity index (χ2n) is 6.07. The Balaban J connectivity index is 2.37. The van der Waals surface area contributed by atoms with Gasteiger partial charge in [-0.15, -0.1) is 0 Å². The first-order valence-electron chi connectivity index (χ1n) is 7.50. The zero-order chi connectivity index (χ0) is 15.4. The lowest BCUT2D eigenvalue weighted by atomic mass is 9.94. The highest BCUT2D eigenvalue weighted by Crippen LogP contribution is 2.25. The maximum atomic E-state index is 5.82. The van der Waals surface area contributed by atoms with Crippen molar-refractivity contribution in [2.45, 2.75) is 40.2 Å². The van der Waals surface area contributed by atoms with Crippen LogP contribution < -0.4 is 11.3 Å². The Bertz CT molecular complexity index is 605. The molecule has 21 heavy (non-hydrogen) atoms. The van der Waals surface area contributed by atoms with Gasteiger partial charge in [0, 0.05) is 11.4 Å². The van der Waals surface area contributed by atoms with Crippen LogP contribution in [0.5, 0.6) is 0 Å². The number of aryl methyl sites for hydroxylation is 2. The van der Waals surface area contributed by atoms with Gasteiger partial charge >= 0.3 is 0 Å². The van der Waals surface area contributed by atoms with Gasteiger partial charge in [-0.05, 0) is 48.9 Å². The SMILES string of the molecule is Cc1ccc(C(NN)c2cccc(CC(C)C)c2)c(C)n1. The summed E-state index contributed by atoms with van der Waals surface area (Å²) in [6.45, 7) is 8.51. The molecule has 1 aromatic carbocycles. The summed E-state index contributed by atoms with van der Waals surface area (Å²) < 4.78 is 0. The largest absolute Gasteiger partial charge is 0.271 e. The molecule has 0 aliphatic rings. The summed E-state index contributed by atoms with van der Waals surface area (Å²) in [6, 6.07) is 12.8. The highest BCUT2D eigenvalue weighted by Gasteiger charge is 2.16. The van der Waals surface area contributed by atoms with Crippen LogP contribution in [0.15, 0.2) is 36.4 Å². The smallest absolute Gasteiger partial charge is 0.0727 e. The van der Waals surface area contributed by atoms with Crippen molar-refractivity contribution in [2.24, 2.45) is 11.8 Å². The maximum Gasteiger partial charge on any atom is 0.0727 e. The number of hydrogen-bond acceptors (Lipinski definition) is 3. The van der Waals surface area contributed by atoms with E-state index in [0.717, 1.165) is 23.4 Å². The molecule has 0 saturated carbocycles. The lowest BCUT2D eigenvalue weighted by molar-refractivity contribution is 0.623. The van der Waals surface area contributed by atoms with E-state index < -0.39 is 0 Å². The van der Waals surface area contributed by atoms with Crippen LogP contribution in [-0.4, -0.2) is 4.98 Å². The Morgan fingerprint density at radius 1 is 1.14 bits per heavy atom. The topological polar surface area (TPSA) is 50.9 Å². The number of aromatic nitrogens is 1. The predicted molar refractivity (Wildman–Crippen MR) is 87.9 cm³/mol. The monoisotopic (exact) mass is 283 g/mol.